The van der Waals surface area contributed by atoms with Crippen molar-refractivity contribution in [3.8, 4) is 17.0 Å². The highest BCUT2D eigenvalue weighted by atomic mass is 35.5. The first kappa shape index (κ1) is 25.9. The minimum absolute atomic E-state index is 0.153. The van der Waals surface area contributed by atoms with Crippen LogP contribution in [-0.4, -0.2) is 36.3 Å². The summed E-state index contributed by atoms with van der Waals surface area (Å²) in [5, 5.41) is 10.6. The van der Waals surface area contributed by atoms with E-state index in [2.05, 4.69) is 20.8 Å². The van der Waals surface area contributed by atoms with Gasteiger partial charge in [0, 0.05) is 27.2 Å². The van der Waals surface area contributed by atoms with E-state index in [1.807, 2.05) is 41.8 Å². The van der Waals surface area contributed by atoms with Gasteiger partial charge in [-0.05, 0) is 73.2 Å². The number of carbonyl (C=O) groups is 2. The van der Waals surface area contributed by atoms with Gasteiger partial charge in [0.25, 0.3) is 5.91 Å². The second-order valence-corrected chi connectivity index (χ2v) is 8.90. The number of ether oxygens (including phenoxy) is 2. The van der Waals surface area contributed by atoms with Crippen molar-refractivity contribution in [3.63, 3.8) is 0 Å². The standard InChI is InChI=1S/C27H23ClN4O4S/c1-2-35-25(33)16-36-23-13-3-18(4-14-23)15-29-32-26(34)20-7-5-19(6-8-20)24-17-37-27(31-24)30-22-11-9-21(28)10-12-22/h3-15,17H,2,16H2,1H3,(H,30,31)(H,32,34)/b29-15+. The molecule has 0 atom stereocenters. The molecule has 0 saturated carbocycles. The first-order valence-electron chi connectivity index (χ1n) is 11.3. The lowest BCUT2D eigenvalue weighted by atomic mass is 10.1. The molecule has 0 unspecified atom stereocenters. The van der Waals surface area contributed by atoms with Crippen LogP contribution in [0, 0.1) is 0 Å². The van der Waals surface area contributed by atoms with E-state index >= 15 is 0 Å². The summed E-state index contributed by atoms with van der Waals surface area (Å²) >= 11 is 7.41. The van der Waals surface area contributed by atoms with Gasteiger partial charge in [-0.1, -0.05) is 23.7 Å². The summed E-state index contributed by atoms with van der Waals surface area (Å²) in [4.78, 5) is 28.4. The van der Waals surface area contributed by atoms with Crippen LogP contribution >= 0.6 is 22.9 Å². The van der Waals surface area contributed by atoms with Crippen molar-refractivity contribution >= 4 is 51.8 Å². The molecule has 0 radical (unpaired) electrons. The van der Waals surface area contributed by atoms with Crippen LogP contribution in [0.25, 0.3) is 11.3 Å². The zero-order valence-electron chi connectivity index (χ0n) is 19.8. The van der Waals surface area contributed by atoms with E-state index in [1.54, 1.807) is 43.3 Å². The Morgan fingerprint density at radius 3 is 2.46 bits per heavy atom. The molecule has 1 amide bonds. The summed E-state index contributed by atoms with van der Waals surface area (Å²) in [7, 11) is 0. The van der Waals surface area contributed by atoms with Crippen LogP contribution in [0.3, 0.4) is 0 Å². The van der Waals surface area contributed by atoms with Crippen LogP contribution in [-0.2, 0) is 9.53 Å². The Kier molecular flexibility index (Phi) is 8.85. The van der Waals surface area contributed by atoms with E-state index in [4.69, 9.17) is 21.1 Å². The number of anilines is 2. The summed E-state index contributed by atoms with van der Waals surface area (Å²) in [5.41, 5.74) is 6.34. The van der Waals surface area contributed by atoms with Gasteiger partial charge in [-0.2, -0.15) is 5.10 Å². The maximum Gasteiger partial charge on any atom is 0.344 e. The van der Waals surface area contributed by atoms with Crippen LogP contribution in [0.4, 0.5) is 10.8 Å². The monoisotopic (exact) mass is 534 g/mol. The molecule has 3 aromatic carbocycles. The molecule has 0 aliphatic heterocycles. The van der Waals surface area contributed by atoms with Gasteiger partial charge < -0.3 is 14.8 Å². The highest BCUT2D eigenvalue weighted by molar-refractivity contribution is 7.14. The summed E-state index contributed by atoms with van der Waals surface area (Å²) in [6, 6.07) is 21.5. The van der Waals surface area contributed by atoms with Gasteiger partial charge in [0.15, 0.2) is 11.7 Å². The molecule has 0 bridgehead atoms. The molecule has 0 aliphatic carbocycles. The quantitative estimate of drug-likeness (QED) is 0.149. The first-order chi connectivity index (χ1) is 18.0. The molecule has 8 nitrogen and oxygen atoms in total. The van der Waals surface area contributed by atoms with Crippen molar-refractivity contribution in [1.82, 2.24) is 10.4 Å². The van der Waals surface area contributed by atoms with Gasteiger partial charge >= 0.3 is 5.97 Å². The maximum atomic E-state index is 12.4. The molecule has 4 aromatic rings. The minimum Gasteiger partial charge on any atom is -0.482 e. The molecule has 10 heteroatoms. The number of hydrogen-bond donors (Lipinski definition) is 2. The molecule has 0 spiro atoms. The molecule has 0 saturated heterocycles. The molecule has 1 aromatic heterocycles. The zero-order valence-corrected chi connectivity index (χ0v) is 21.4. The van der Waals surface area contributed by atoms with Crippen molar-refractivity contribution in [3.05, 3.63) is 94.3 Å². The fourth-order valence-corrected chi connectivity index (χ4v) is 4.00. The lowest BCUT2D eigenvalue weighted by molar-refractivity contribution is -0.145. The number of nitrogens with one attached hydrogen (secondary N) is 2. The Morgan fingerprint density at radius 2 is 1.76 bits per heavy atom. The van der Waals surface area contributed by atoms with Crippen molar-refractivity contribution in [2.24, 2.45) is 5.10 Å². The molecule has 188 valence electrons. The third kappa shape index (κ3) is 7.63. The summed E-state index contributed by atoms with van der Waals surface area (Å²) in [5.74, 6) is -0.228. The second-order valence-electron chi connectivity index (χ2n) is 7.61. The smallest absolute Gasteiger partial charge is 0.344 e. The molecule has 1 heterocycles. The average Bonchev–Trinajstić information content (AvgIpc) is 3.38. The molecule has 37 heavy (non-hydrogen) atoms. The second kappa shape index (κ2) is 12.7. The topological polar surface area (TPSA) is 102 Å². The first-order valence-corrected chi connectivity index (χ1v) is 12.6. The normalized spacial score (nSPS) is 10.8. The Bertz CT molecular complexity index is 1370. The summed E-state index contributed by atoms with van der Waals surface area (Å²) < 4.78 is 10.2. The summed E-state index contributed by atoms with van der Waals surface area (Å²) in [6.07, 6.45) is 1.52. The molecule has 2 N–H and O–H groups in total. The van der Waals surface area contributed by atoms with Crippen LogP contribution in [0.5, 0.6) is 5.75 Å². The Hall–Kier alpha value is -4.21. The number of nitrogens with zero attached hydrogens (tertiary/aromatic N) is 2. The molecular formula is C27H23ClN4O4S. The number of hydrogen-bond acceptors (Lipinski definition) is 8. The lowest BCUT2D eigenvalue weighted by Crippen LogP contribution is -2.17. The van der Waals surface area contributed by atoms with Crippen LogP contribution < -0.4 is 15.5 Å². The highest BCUT2D eigenvalue weighted by Gasteiger charge is 2.08. The van der Waals surface area contributed by atoms with E-state index in [-0.39, 0.29) is 12.5 Å². The number of halogens is 1. The SMILES string of the molecule is CCOC(=O)COc1ccc(/C=N/NC(=O)c2ccc(-c3csc(Nc4ccc(Cl)cc4)n3)cc2)cc1. The number of amides is 1. The third-order valence-electron chi connectivity index (χ3n) is 4.96. The highest BCUT2D eigenvalue weighted by Crippen LogP contribution is 2.27. The van der Waals surface area contributed by atoms with Gasteiger partial charge in [-0.15, -0.1) is 11.3 Å². The predicted octanol–water partition coefficient (Wildman–Crippen LogP) is 5.91. The van der Waals surface area contributed by atoms with Crippen molar-refractivity contribution in [2.75, 3.05) is 18.5 Å². The number of rotatable bonds is 10. The Morgan fingerprint density at radius 1 is 1.03 bits per heavy atom. The molecular weight excluding hydrogens is 512 g/mol. The van der Waals surface area contributed by atoms with Crippen molar-refractivity contribution < 1.29 is 19.1 Å². The maximum absolute atomic E-state index is 12.4. The third-order valence-corrected chi connectivity index (χ3v) is 5.97. The van der Waals surface area contributed by atoms with Gasteiger partial charge in [-0.25, -0.2) is 15.2 Å². The number of benzene rings is 3. The zero-order chi connectivity index (χ0) is 26.0. The Labute approximate surface area is 222 Å². The van der Waals surface area contributed by atoms with Gasteiger partial charge in [0.2, 0.25) is 0 Å². The number of carbonyl (C=O) groups excluding carboxylic acids is 2. The predicted molar refractivity (Wildman–Crippen MR) is 146 cm³/mol. The average molecular weight is 535 g/mol. The van der Waals surface area contributed by atoms with Crippen molar-refractivity contribution in [1.29, 1.82) is 0 Å². The minimum atomic E-state index is -0.425. The van der Waals surface area contributed by atoms with Crippen LogP contribution in [0.15, 0.2) is 83.3 Å². The van der Waals surface area contributed by atoms with Crippen LogP contribution in [0.2, 0.25) is 5.02 Å². The number of esters is 1. The molecule has 0 fully saturated rings. The Balaban J connectivity index is 1.28. The fraction of sp³-hybridized carbons (Fsp3) is 0.111. The molecule has 0 aliphatic rings. The van der Waals surface area contributed by atoms with Gasteiger partial charge in [0.1, 0.15) is 5.75 Å². The van der Waals surface area contributed by atoms with Crippen LogP contribution in [0.1, 0.15) is 22.8 Å². The van der Waals surface area contributed by atoms with Gasteiger partial charge in [-0.3, -0.25) is 4.79 Å². The van der Waals surface area contributed by atoms with E-state index < -0.39 is 5.97 Å². The van der Waals surface area contributed by atoms with E-state index in [0.717, 1.165) is 27.6 Å². The number of hydrazone groups is 1. The fourth-order valence-electron chi connectivity index (χ4n) is 3.14. The number of aromatic nitrogens is 1. The largest absolute Gasteiger partial charge is 0.482 e. The molecule has 4 rings (SSSR count). The van der Waals surface area contributed by atoms with Gasteiger partial charge in [0.05, 0.1) is 18.5 Å². The van der Waals surface area contributed by atoms with E-state index in [0.29, 0.717) is 22.9 Å². The number of thiazole rings is 1. The van der Waals surface area contributed by atoms with E-state index in [1.165, 1.54) is 17.6 Å². The summed E-state index contributed by atoms with van der Waals surface area (Å²) in [6.45, 7) is 1.89. The van der Waals surface area contributed by atoms with E-state index in [9.17, 15) is 9.59 Å². The van der Waals surface area contributed by atoms with Crippen molar-refractivity contribution in [2.45, 2.75) is 6.92 Å². The lowest BCUT2D eigenvalue weighted by Gasteiger charge is -2.05.